The van der Waals surface area contributed by atoms with Gasteiger partial charge in [-0.2, -0.15) is 33.7 Å². The summed E-state index contributed by atoms with van der Waals surface area (Å²) in [5, 5.41) is 0. The molecular weight excluding hydrogens is 897 g/mol. The lowest BCUT2D eigenvalue weighted by molar-refractivity contribution is -0.144. The van der Waals surface area contributed by atoms with Crippen LogP contribution < -0.4 is 0 Å². The predicted octanol–water partition coefficient (Wildman–Crippen LogP) is 9.33. The molecule has 0 saturated carbocycles. The van der Waals surface area contributed by atoms with E-state index < -0.39 is 78.1 Å². The monoisotopic (exact) mass is 972 g/mol. The number of unbranched alkanes of at least 4 members (excludes halogenated alkanes) is 4. The number of hydrogen-bond donors (Lipinski definition) is 4. The Morgan fingerprint density at radius 2 is 0.903 bits per heavy atom. The van der Waals surface area contributed by atoms with Gasteiger partial charge in [0.15, 0.2) is 0 Å². The van der Waals surface area contributed by atoms with Gasteiger partial charge in [0.25, 0.3) is 0 Å². The van der Waals surface area contributed by atoms with Crippen molar-refractivity contribution < 1.29 is 78.1 Å². The van der Waals surface area contributed by atoms with Crippen molar-refractivity contribution in [1.82, 2.24) is 0 Å². The third kappa shape index (κ3) is 39.1. The van der Waals surface area contributed by atoms with Crippen LogP contribution in [0.15, 0.2) is 12.2 Å². The highest BCUT2D eigenvalue weighted by atomic mass is 32.3. The molecule has 0 bridgehead atoms. The minimum atomic E-state index is -4.82. The van der Waals surface area contributed by atoms with Gasteiger partial charge in [-0.25, -0.2) is 21.5 Å². The second-order valence-corrected chi connectivity index (χ2v) is 20.8. The van der Waals surface area contributed by atoms with E-state index in [1.807, 2.05) is 0 Å². The van der Waals surface area contributed by atoms with Crippen molar-refractivity contribution >= 4 is 47.6 Å². The molecule has 0 saturated heterocycles. The van der Waals surface area contributed by atoms with Crippen molar-refractivity contribution in [2.24, 2.45) is 0 Å². The first kappa shape index (κ1) is 58.7. The number of cyclic esters (lactones) is 1. The molecule has 0 spiro atoms. The molecule has 0 aromatic heterocycles. The number of rotatable bonds is 16. The van der Waals surface area contributed by atoms with Crippen molar-refractivity contribution in [3.05, 3.63) is 12.2 Å². The van der Waals surface area contributed by atoms with Crippen LogP contribution >= 0.6 is 0 Å². The lowest BCUT2D eigenvalue weighted by atomic mass is 9.98. The fraction of sp³-hybridized carbons (Fsp3) is 0.925. The molecule has 0 unspecified atom stereocenters. The predicted molar refractivity (Wildman–Crippen MR) is 234 cm³/mol. The summed E-state index contributed by atoms with van der Waals surface area (Å²) in [5.74, 6) is -0.540. The van der Waals surface area contributed by atoms with Gasteiger partial charge in [-0.15, -0.1) is 0 Å². The average molecular weight is 973 g/mol. The first-order chi connectivity index (χ1) is 29.1. The zero-order valence-corrected chi connectivity index (χ0v) is 39.9. The number of esters is 1. The molecule has 62 heavy (non-hydrogen) atoms. The van der Waals surface area contributed by atoms with Crippen LogP contribution in [0.5, 0.6) is 0 Å². The van der Waals surface area contributed by atoms with Crippen LogP contribution in [0.3, 0.4) is 0 Å². The summed E-state index contributed by atoms with van der Waals surface area (Å²) in [6, 6.07) is 0. The lowest BCUT2D eigenvalue weighted by Gasteiger charge is -2.23. The van der Waals surface area contributed by atoms with Gasteiger partial charge in [-0.1, -0.05) is 141 Å². The summed E-state index contributed by atoms with van der Waals surface area (Å²) in [6.07, 6.45) is 20.1. The largest absolute Gasteiger partial charge is 0.459 e. The van der Waals surface area contributed by atoms with Gasteiger partial charge in [0.2, 0.25) is 0 Å². The molecule has 0 aliphatic carbocycles. The second-order valence-electron chi connectivity index (χ2n) is 16.6. The quantitative estimate of drug-likeness (QED) is 0.0636. The Labute approximate surface area is 372 Å². The molecule has 0 amide bonds. The SMILES string of the molecule is C[C@@H](CCCCCCC[C@@H]1C[C@@H](OS(=O)(=O)O)CCCCCCCCCCC[C@@H](OS(=O)(=O)O)C[C@H](OS(=O)(=O)O)CCCCCCCCCCCC=CC(=O)O1)OS(=O)(=O)O. The molecule has 0 aromatic rings. The Kier molecular flexibility index (Phi) is 31.4. The number of allylic oxidation sites excluding steroid dienone is 1. The highest BCUT2D eigenvalue weighted by molar-refractivity contribution is 7.81. The van der Waals surface area contributed by atoms with Gasteiger partial charge in [-0.05, 0) is 58.3 Å². The minimum absolute atomic E-state index is 0.0776. The molecule has 18 nitrogen and oxygen atoms in total. The van der Waals surface area contributed by atoms with Crippen molar-refractivity contribution in [2.45, 2.75) is 236 Å². The van der Waals surface area contributed by atoms with Crippen LogP contribution in [0.4, 0.5) is 0 Å². The number of hydrogen-bond acceptors (Lipinski definition) is 14. The van der Waals surface area contributed by atoms with E-state index in [1.54, 1.807) is 13.0 Å². The third-order valence-electron chi connectivity index (χ3n) is 10.7. The van der Waals surface area contributed by atoms with Crippen LogP contribution in [0, 0.1) is 0 Å². The standard InChI is InChI=1S/C40H76O18S4/c1-35(55-59(42,43)44)27-21-15-14-19-22-28-36-33-37(56-60(45,46)47)29-23-16-11-7-5-8-12-18-25-31-39(58-62(51,52)53)34-38(57-61(48,49)50)30-24-17-10-6-3-2-4-9-13-20-26-32-40(41)54-36/h26,32,35-39H,2-25,27-31,33-34H2,1H3,(H,42,43,44)(H,45,46,47)(H,48,49,50)(H,51,52,53)/t35-,36+,37-,38+,39+/m0/s1. The molecule has 0 fully saturated rings. The number of ether oxygens (including phenoxy) is 1. The van der Waals surface area contributed by atoms with Gasteiger partial charge in [-0.3, -0.25) is 18.2 Å². The molecule has 0 radical (unpaired) electrons. The Morgan fingerprint density at radius 1 is 0.532 bits per heavy atom. The highest BCUT2D eigenvalue weighted by Gasteiger charge is 2.26. The van der Waals surface area contributed by atoms with Crippen molar-refractivity contribution in [2.75, 3.05) is 0 Å². The average Bonchev–Trinajstić information content (AvgIpc) is 3.12. The molecule has 1 aliphatic rings. The fourth-order valence-electron chi connectivity index (χ4n) is 7.77. The van der Waals surface area contributed by atoms with Crippen LogP contribution in [-0.4, -0.2) is 88.4 Å². The van der Waals surface area contributed by atoms with Crippen LogP contribution in [-0.2, 0) is 67.9 Å². The zero-order valence-electron chi connectivity index (χ0n) is 36.6. The normalized spacial score (nSPS) is 24.2. The third-order valence-corrected chi connectivity index (χ3v) is 12.9. The van der Waals surface area contributed by atoms with E-state index in [-0.39, 0.29) is 25.7 Å². The summed E-state index contributed by atoms with van der Waals surface area (Å²) in [5.41, 5.74) is 0. The summed E-state index contributed by atoms with van der Waals surface area (Å²) < 4.78 is 154. The van der Waals surface area contributed by atoms with E-state index in [9.17, 15) is 52.1 Å². The van der Waals surface area contributed by atoms with E-state index in [2.05, 4.69) is 4.18 Å². The van der Waals surface area contributed by atoms with Gasteiger partial charge >= 0.3 is 47.6 Å². The fourth-order valence-corrected chi connectivity index (χ4v) is 9.84. The highest BCUT2D eigenvalue weighted by Crippen LogP contribution is 2.24. The smallest absolute Gasteiger partial charge is 0.397 e. The molecule has 1 rings (SSSR count). The van der Waals surface area contributed by atoms with Crippen LogP contribution in [0.2, 0.25) is 0 Å². The molecular formula is C40H76O18S4. The lowest BCUT2D eigenvalue weighted by Crippen LogP contribution is -2.27. The molecule has 5 atom stereocenters. The second kappa shape index (κ2) is 33.2. The van der Waals surface area contributed by atoms with E-state index in [1.165, 1.54) is 6.08 Å². The van der Waals surface area contributed by atoms with Crippen molar-refractivity contribution in [1.29, 1.82) is 0 Å². The molecule has 0 aromatic carbocycles. The Morgan fingerprint density at radius 3 is 1.32 bits per heavy atom. The maximum atomic E-state index is 12.9. The van der Waals surface area contributed by atoms with Gasteiger partial charge in [0.05, 0.1) is 24.4 Å². The summed E-state index contributed by atoms with van der Waals surface area (Å²) >= 11 is 0. The van der Waals surface area contributed by atoms with Gasteiger partial charge in [0, 0.05) is 18.9 Å². The maximum absolute atomic E-state index is 12.9. The number of carbonyl (C=O) groups is 1. The zero-order chi connectivity index (χ0) is 46.3. The van der Waals surface area contributed by atoms with Gasteiger partial charge < -0.3 is 4.74 Å². The first-order valence-corrected chi connectivity index (χ1v) is 28.1. The molecule has 368 valence electrons. The number of carbonyl (C=O) groups excluding carboxylic acids is 1. The maximum Gasteiger partial charge on any atom is 0.397 e. The molecule has 1 aliphatic heterocycles. The Bertz CT molecular complexity index is 1650. The molecule has 4 N–H and O–H groups in total. The van der Waals surface area contributed by atoms with Gasteiger partial charge in [0.1, 0.15) is 6.10 Å². The topological polar surface area (TPSA) is 281 Å². The van der Waals surface area contributed by atoms with Crippen LogP contribution in [0.25, 0.3) is 0 Å². The minimum Gasteiger partial charge on any atom is -0.459 e. The first-order valence-electron chi connectivity index (χ1n) is 22.6. The van der Waals surface area contributed by atoms with Crippen molar-refractivity contribution in [3.8, 4) is 0 Å². The van der Waals surface area contributed by atoms with Crippen molar-refractivity contribution in [3.63, 3.8) is 0 Å². The summed E-state index contributed by atoms with van der Waals surface area (Å²) in [7, 11) is -18.9. The van der Waals surface area contributed by atoms with Crippen LogP contribution in [0.1, 0.15) is 206 Å². The van der Waals surface area contributed by atoms with E-state index >= 15 is 0 Å². The Balaban J connectivity index is 2.88. The summed E-state index contributed by atoms with van der Waals surface area (Å²) in [6.45, 7) is 1.56. The van der Waals surface area contributed by atoms with E-state index in [4.69, 9.17) is 21.8 Å². The summed E-state index contributed by atoms with van der Waals surface area (Å²) in [4.78, 5) is 12.9. The Hall–Kier alpha value is -1.31. The van der Waals surface area contributed by atoms with E-state index in [0.717, 1.165) is 116 Å². The van der Waals surface area contributed by atoms with E-state index in [0.29, 0.717) is 57.8 Å². The molecule has 22 heteroatoms. The molecule has 1 heterocycles.